The quantitative estimate of drug-likeness (QED) is 0.798. The second kappa shape index (κ2) is 5.86. The number of halogens is 3. The van der Waals surface area contributed by atoms with E-state index < -0.39 is 17.8 Å². The molecule has 0 aliphatic heterocycles. The largest absolute Gasteiger partial charge is 0.416 e. The van der Waals surface area contributed by atoms with Crippen molar-refractivity contribution in [3.05, 3.63) is 29.3 Å². The van der Waals surface area contributed by atoms with E-state index in [1.165, 1.54) is 6.07 Å². The summed E-state index contributed by atoms with van der Waals surface area (Å²) in [5.41, 5.74) is 5.84. The number of benzene rings is 1. The molecule has 0 heterocycles. The van der Waals surface area contributed by atoms with E-state index in [-0.39, 0.29) is 0 Å². The van der Waals surface area contributed by atoms with Crippen molar-refractivity contribution in [2.24, 2.45) is 5.73 Å². The first-order chi connectivity index (χ1) is 8.38. The van der Waals surface area contributed by atoms with Gasteiger partial charge in [0.2, 0.25) is 0 Å². The number of nitrogens with one attached hydrogen (secondary N) is 1. The number of aryl methyl sites for hydroxylation is 1. The van der Waals surface area contributed by atoms with Crippen LogP contribution < -0.4 is 11.1 Å². The Labute approximate surface area is 103 Å². The van der Waals surface area contributed by atoms with Crippen LogP contribution in [0.3, 0.4) is 0 Å². The molecular formula is C12H15F3N2O. The average molecular weight is 260 g/mol. The third kappa shape index (κ3) is 3.73. The summed E-state index contributed by atoms with van der Waals surface area (Å²) in [4.78, 5) is 10.4. The van der Waals surface area contributed by atoms with E-state index in [0.29, 0.717) is 30.4 Å². The number of rotatable bonds is 5. The van der Waals surface area contributed by atoms with Crippen LogP contribution in [-0.2, 0) is 17.4 Å². The monoisotopic (exact) mass is 260 g/mol. The van der Waals surface area contributed by atoms with Gasteiger partial charge in [0.1, 0.15) is 6.29 Å². The van der Waals surface area contributed by atoms with Gasteiger partial charge in [0.15, 0.2) is 0 Å². The summed E-state index contributed by atoms with van der Waals surface area (Å²) < 4.78 is 37.7. The van der Waals surface area contributed by atoms with Crippen molar-refractivity contribution < 1.29 is 18.0 Å². The minimum atomic E-state index is -4.37. The highest BCUT2D eigenvalue weighted by Gasteiger charge is 2.30. The molecule has 0 saturated heterocycles. The van der Waals surface area contributed by atoms with Crippen LogP contribution in [-0.4, -0.2) is 19.4 Å². The van der Waals surface area contributed by atoms with Crippen LogP contribution in [0.5, 0.6) is 0 Å². The van der Waals surface area contributed by atoms with Crippen LogP contribution in [0.15, 0.2) is 18.2 Å². The molecule has 0 amide bonds. The molecule has 0 aliphatic carbocycles. The number of anilines is 1. The van der Waals surface area contributed by atoms with Gasteiger partial charge in [-0.3, -0.25) is 0 Å². The minimum Gasteiger partial charge on any atom is -0.388 e. The lowest BCUT2D eigenvalue weighted by atomic mass is 10.0. The van der Waals surface area contributed by atoms with Gasteiger partial charge in [-0.2, -0.15) is 13.2 Å². The van der Waals surface area contributed by atoms with Gasteiger partial charge in [-0.1, -0.05) is 0 Å². The smallest absolute Gasteiger partial charge is 0.388 e. The van der Waals surface area contributed by atoms with E-state index >= 15 is 0 Å². The Balaban J connectivity index is 2.95. The van der Waals surface area contributed by atoms with Gasteiger partial charge in [-0.05, 0) is 36.6 Å². The Morgan fingerprint density at radius 2 is 2.11 bits per heavy atom. The Hall–Kier alpha value is -1.56. The van der Waals surface area contributed by atoms with Gasteiger partial charge in [0.05, 0.1) is 11.6 Å². The molecule has 0 bridgehead atoms. The van der Waals surface area contributed by atoms with Crippen molar-refractivity contribution in [3.8, 4) is 0 Å². The number of carbonyl (C=O) groups is 1. The molecule has 1 atom stereocenters. The number of aldehydes is 1. The van der Waals surface area contributed by atoms with E-state index in [9.17, 15) is 18.0 Å². The molecule has 100 valence electrons. The standard InChI is InChI=1S/C12H15F3N2O/c1-17-11-5-3-9(12(13,14)15)6-8(11)2-4-10(16)7-18/h3,5-7,10,17H,2,4,16H2,1H3. The van der Waals surface area contributed by atoms with Gasteiger partial charge >= 0.3 is 6.18 Å². The van der Waals surface area contributed by atoms with Crippen LogP contribution in [0.4, 0.5) is 18.9 Å². The zero-order valence-corrected chi connectivity index (χ0v) is 9.92. The van der Waals surface area contributed by atoms with Crippen molar-refractivity contribution in [1.29, 1.82) is 0 Å². The summed E-state index contributed by atoms with van der Waals surface area (Å²) in [5.74, 6) is 0. The summed E-state index contributed by atoms with van der Waals surface area (Å²) in [5, 5.41) is 2.82. The van der Waals surface area contributed by atoms with Gasteiger partial charge in [0.25, 0.3) is 0 Å². The molecule has 6 heteroatoms. The van der Waals surface area contributed by atoms with Crippen LogP contribution in [0.2, 0.25) is 0 Å². The lowest BCUT2D eigenvalue weighted by Crippen LogP contribution is -2.22. The molecule has 0 radical (unpaired) electrons. The topological polar surface area (TPSA) is 55.1 Å². The zero-order chi connectivity index (χ0) is 13.8. The second-order valence-electron chi connectivity index (χ2n) is 3.96. The maximum Gasteiger partial charge on any atom is 0.416 e. The lowest BCUT2D eigenvalue weighted by molar-refractivity contribution is -0.137. The molecule has 1 aromatic carbocycles. The molecule has 0 spiro atoms. The number of hydrogen-bond acceptors (Lipinski definition) is 3. The van der Waals surface area contributed by atoms with E-state index in [1.807, 2.05) is 0 Å². The van der Waals surface area contributed by atoms with Crippen LogP contribution in [0.25, 0.3) is 0 Å². The molecule has 3 nitrogen and oxygen atoms in total. The maximum atomic E-state index is 12.6. The normalized spacial score (nSPS) is 13.2. The Morgan fingerprint density at radius 1 is 1.44 bits per heavy atom. The minimum absolute atomic E-state index is 0.319. The second-order valence-corrected chi connectivity index (χ2v) is 3.96. The first kappa shape index (κ1) is 14.5. The predicted octanol–water partition coefficient (Wildman–Crippen LogP) is 2.21. The summed E-state index contributed by atoms with van der Waals surface area (Å²) in [6.07, 6.45) is -3.14. The average Bonchev–Trinajstić information content (AvgIpc) is 2.34. The van der Waals surface area contributed by atoms with Crippen molar-refractivity contribution in [1.82, 2.24) is 0 Å². The van der Waals surface area contributed by atoms with Gasteiger partial charge in [-0.25, -0.2) is 0 Å². The molecule has 1 aromatic rings. The Bertz CT molecular complexity index is 418. The SMILES string of the molecule is CNc1ccc(C(F)(F)F)cc1CCC(N)C=O. The fraction of sp³-hybridized carbons (Fsp3) is 0.417. The molecule has 1 rings (SSSR count). The van der Waals surface area contributed by atoms with Crippen molar-refractivity contribution in [2.75, 3.05) is 12.4 Å². The van der Waals surface area contributed by atoms with Crippen molar-refractivity contribution in [3.63, 3.8) is 0 Å². The Kier molecular flexibility index (Phi) is 4.72. The fourth-order valence-electron chi connectivity index (χ4n) is 1.61. The van der Waals surface area contributed by atoms with E-state index in [0.717, 1.165) is 12.1 Å². The van der Waals surface area contributed by atoms with E-state index in [4.69, 9.17) is 5.73 Å². The lowest BCUT2D eigenvalue weighted by Gasteiger charge is -2.14. The number of hydrogen-bond donors (Lipinski definition) is 2. The van der Waals surface area contributed by atoms with Crippen LogP contribution in [0, 0.1) is 0 Å². The molecular weight excluding hydrogens is 245 g/mol. The zero-order valence-electron chi connectivity index (χ0n) is 9.92. The van der Waals surface area contributed by atoms with E-state index in [2.05, 4.69) is 5.32 Å². The molecule has 0 fully saturated rings. The molecule has 3 N–H and O–H groups in total. The molecule has 18 heavy (non-hydrogen) atoms. The molecule has 0 saturated carbocycles. The van der Waals surface area contributed by atoms with Gasteiger partial charge in [0, 0.05) is 12.7 Å². The maximum absolute atomic E-state index is 12.6. The predicted molar refractivity (Wildman–Crippen MR) is 63.4 cm³/mol. The van der Waals surface area contributed by atoms with Gasteiger partial charge < -0.3 is 15.8 Å². The number of nitrogens with two attached hydrogens (primary N) is 1. The molecule has 1 unspecified atom stereocenters. The molecule has 0 aromatic heterocycles. The number of alkyl halides is 3. The van der Waals surface area contributed by atoms with Crippen LogP contribution in [0.1, 0.15) is 17.5 Å². The summed E-state index contributed by atoms with van der Waals surface area (Å²) >= 11 is 0. The van der Waals surface area contributed by atoms with E-state index in [1.54, 1.807) is 7.05 Å². The summed E-state index contributed by atoms with van der Waals surface area (Å²) in [6.45, 7) is 0. The number of carbonyl (C=O) groups excluding carboxylic acids is 1. The van der Waals surface area contributed by atoms with Crippen molar-refractivity contribution in [2.45, 2.75) is 25.1 Å². The van der Waals surface area contributed by atoms with Gasteiger partial charge in [-0.15, -0.1) is 0 Å². The van der Waals surface area contributed by atoms with Crippen molar-refractivity contribution >= 4 is 12.0 Å². The first-order valence-electron chi connectivity index (χ1n) is 5.47. The third-order valence-corrected chi connectivity index (χ3v) is 2.62. The highest BCUT2D eigenvalue weighted by Crippen LogP contribution is 2.32. The summed E-state index contributed by atoms with van der Waals surface area (Å²) in [7, 11) is 1.63. The fourth-order valence-corrected chi connectivity index (χ4v) is 1.61. The third-order valence-electron chi connectivity index (χ3n) is 2.62. The summed E-state index contributed by atoms with van der Waals surface area (Å²) in [6, 6.07) is 2.84. The first-order valence-corrected chi connectivity index (χ1v) is 5.47. The van der Waals surface area contributed by atoms with Crippen LogP contribution >= 0.6 is 0 Å². The Morgan fingerprint density at radius 3 is 2.61 bits per heavy atom. The highest BCUT2D eigenvalue weighted by atomic mass is 19.4. The highest BCUT2D eigenvalue weighted by molar-refractivity contribution is 5.58. The molecule has 0 aliphatic rings.